The Kier molecular flexibility index (Phi) is 5.45. The molecule has 2 unspecified atom stereocenters. The second-order valence-corrected chi connectivity index (χ2v) is 4.47. The molecule has 0 aromatic rings. The Morgan fingerprint density at radius 3 is 2.64 bits per heavy atom. The van der Waals surface area contributed by atoms with E-state index in [2.05, 4.69) is 13.8 Å². The predicted molar refractivity (Wildman–Crippen MR) is 57.2 cm³/mol. The van der Waals surface area contributed by atoms with Crippen LogP contribution in [0.4, 0.5) is 0 Å². The van der Waals surface area contributed by atoms with Crippen molar-refractivity contribution in [2.24, 2.45) is 11.7 Å². The Balaban J connectivity index is 1.93. The van der Waals surface area contributed by atoms with Gasteiger partial charge in [0.15, 0.2) is 0 Å². The minimum atomic E-state index is 0.250. The van der Waals surface area contributed by atoms with Crippen LogP contribution in [-0.2, 0) is 9.47 Å². The molecule has 1 aliphatic carbocycles. The van der Waals surface area contributed by atoms with Gasteiger partial charge < -0.3 is 15.2 Å². The van der Waals surface area contributed by atoms with E-state index in [0.717, 1.165) is 19.4 Å². The quantitative estimate of drug-likeness (QED) is 0.663. The van der Waals surface area contributed by atoms with Gasteiger partial charge >= 0.3 is 0 Å². The second kappa shape index (κ2) is 6.38. The van der Waals surface area contributed by atoms with E-state index in [-0.39, 0.29) is 12.1 Å². The summed E-state index contributed by atoms with van der Waals surface area (Å²) in [5, 5.41) is 0. The average Bonchev–Trinajstić information content (AvgIpc) is 2.51. The van der Waals surface area contributed by atoms with Crippen LogP contribution in [-0.4, -0.2) is 32.0 Å². The molecular weight excluding hydrogens is 178 g/mol. The number of hydrogen-bond acceptors (Lipinski definition) is 3. The maximum atomic E-state index is 5.88. The molecule has 0 radical (unpaired) electrons. The van der Waals surface area contributed by atoms with Crippen LogP contribution < -0.4 is 5.73 Å². The molecule has 3 nitrogen and oxygen atoms in total. The smallest absolute Gasteiger partial charge is 0.0727 e. The third-order valence-electron chi connectivity index (χ3n) is 2.51. The number of nitrogens with two attached hydrogens (primary N) is 1. The fraction of sp³-hybridized carbons (Fsp3) is 1.00. The van der Waals surface area contributed by atoms with E-state index >= 15 is 0 Å². The van der Waals surface area contributed by atoms with Crippen LogP contribution in [0, 0.1) is 5.92 Å². The van der Waals surface area contributed by atoms with Crippen LogP contribution in [0.3, 0.4) is 0 Å². The molecule has 0 spiro atoms. The largest absolute Gasteiger partial charge is 0.379 e. The number of rotatable bonds is 6. The number of ether oxygens (including phenoxy) is 2. The van der Waals surface area contributed by atoms with Crippen LogP contribution in [0.15, 0.2) is 0 Å². The summed E-state index contributed by atoms with van der Waals surface area (Å²) in [5.74, 6) is 0.601. The van der Waals surface area contributed by atoms with E-state index in [1.807, 2.05) is 0 Å². The van der Waals surface area contributed by atoms with Gasteiger partial charge in [0.05, 0.1) is 19.3 Å². The maximum Gasteiger partial charge on any atom is 0.0727 e. The van der Waals surface area contributed by atoms with Crippen molar-refractivity contribution < 1.29 is 9.47 Å². The predicted octanol–water partition coefficient (Wildman–Crippen LogP) is 1.56. The van der Waals surface area contributed by atoms with Crippen molar-refractivity contribution in [1.82, 2.24) is 0 Å². The van der Waals surface area contributed by atoms with Gasteiger partial charge in [0, 0.05) is 12.6 Å². The van der Waals surface area contributed by atoms with Gasteiger partial charge in [-0.1, -0.05) is 13.8 Å². The molecule has 0 heterocycles. The second-order valence-electron chi connectivity index (χ2n) is 4.47. The number of hydrogen-bond donors (Lipinski definition) is 1. The van der Waals surface area contributed by atoms with Crippen LogP contribution >= 0.6 is 0 Å². The van der Waals surface area contributed by atoms with Crippen molar-refractivity contribution in [3.63, 3.8) is 0 Å². The highest BCUT2D eigenvalue weighted by Gasteiger charge is 2.23. The molecule has 0 aliphatic heterocycles. The summed E-state index contributed by atoms with van der Waals surface area (Å²) >= 11 is 0. The first-order valence-corrected chi connectivity index (χ1v) is 5.65. The summed E-state index contributed by atoms with van der Waals surface area (Å²) in [6.07, 6.45) is 3.71. The maximum absolute atomic E-state index is 5.88. The lowest BCUT2D eigenvalue weighted by atomic mass is 10.2. The topological polar surface area (TPSA) is 44.5 Å². The van der Waals surface area contributed by atoms with Gasteiger partial charge in [0.1, 0.15) is 0 Å². The fourth-order valence-corrected chi connectivity index (χ4v) is 1.74. The summed E-state index contributed by atoms with van der Waals surface area (Å²) in [5.41, 5.74) is 5.88. The van der Waals surface area contributed by atoms with Crippen LogP contribution in [0.25, 0.3) is 0 Å². The Morgan fingerprint density at radius 2 is 2.07 bits per heavy atom. The van der Waals surface area contributed by atoms with E-state index in [1.54, 1.807) is 0 Å². The van der Waals surface area contributed by atoms with E-state index in [1.165, 1.54) is 6.42 Å². The molecule has 1 rings (SSSR count). The molecule has 0 amide bonds. The summed E-state index contributed by atoms with van der Waals surface area (Å²) in [6.45, 7) is 6.49. The Morgan fingerprint density at radius 1 is 1.29 bits per heavy atom. The van der Waals surface area contributed by atoms with Gasteiger partial charge in [0.2, 0.25) is 0 Å². The van der Waals surface area contributed by atoms with Gasteiger partial charge in [-0.15, -0.1) is 0 Å². The van der Waals surface area contributed by atoms with E-state index < -0.39 is 0 Å². The monoisotopic (exact) mass is 201 g/mol. The lowest BCUT2D eigenvalue weighted by Gasteiger charge is -2.16. The third kappa shape index (κ3) is 4.40. The van der Waals surface area contributed by atoms with Gasteiger partial charge in [-0.3, -0.25) is 0 Å². The summed E-state index contributed by atoms with van der Waals surface area (Å²) in [4.78, 5) is 0. The molecule has 2 N–H and O–H groups in total. The van der Waals surface area contributed by atoms with Gasteiger partial charge in [0.25, 0.3) is 0 Å². The van der Waals surface area contributed by atoms with Crippen molar-refractivity contribution in [1.29, 1.82) is 0 Å². The summed E-state index contributed by atoms with van der Waals surface area (Å²) in [6, 6.07) is 0.250. The minimum absolute atomic E-state index is 0.250. The molecule has 14 heavy (non-hydrogen) atoms. The standard InChI is InChI=1S/C11H23NO2/c1-9(2)8-13-6-7-14-11-5-3-4-10(11)12/h9-11H,3-8,12H2,1-2H3. The SMILES string of the molecule is CC(C)COCCOC1CCCC1N. The lowest BCUT2D eigenvalue weighted by Crippen LogP contribution is -2.32. The van der Waals surface area contributed by atoms with Crippen LogP contribution in [0.5, 0.6) is 0 Å². The molecular formula is C11H23NO2. The molecule has 0 aromatic carbocycles. The fourth-order valence-electron chi connectivity index (χ4n) is 1.74. The van der Waals surface area contributed by atoms with Crippen LogP contribution in [0.1, 0.15) is 33.1 Å². The molecule has 0 saturated heterocycles. The first-order chi connectivity index (χ1) is 6.70. The van der Waals surface area contributed by atoms with E-state index in [9.17, 15) is 0 Å². The molecule has 0 aromatic heterocycles. The zero-order chi connectivity index (χ0) is 10.4. The molecule has 3 heteroatoms. The van der Waals surface area contributed by atoms with Crippen molar-refractivity contribution in [3.8, 4) is 0 Å². The third-order valence-corrected chi connectivity index (χ3v) is 2.51. The van der Waals surface area contributed by atoms with Crippen LogP contribution in [0.2, 0.25) is 0 Å². The first-order valence-electron chi connectivity index (χ1n) is 5.65. The van der Waals surface area contributed by atoms with E-state index in [4.69, 9.17) is 15.2 Å². The highest BCUT2D eigenvalue weighted by atomic mass is 16.5. The average molecular weight is 201 g/mol. The molecule has 1 aliphatic rings. The highest BCUT2D eigenvalue weighted by molar-refractivity contribution is 4.80. The van der Waals surface area contributed by atoms with Crippen molar-refractivity contribution in [3.05, 3.63) is 0 Å². The summed E-state index contributed by atoms with van der Waals surface area (Å²) < 4.78 is 11.1. The Labute approximate surface area is 86.9 Å². The van der Waals surface area contributed by atoms with Crippen molar-refractivity contribution in [2.75, 3.05) is 19.8 Å². The van der Waals surface area contributed by atoms with Gasteiger partial charge in [-0.05, 0) is 25.2 Å². The molecule has 0 bridgehead atoms. The normalized spacial score (nSPS) is 27.4. The van der Waals surface area contributed by atoms with Gasteiger partial charge in [-0.25, -0.2) is 0 Å². The molecule has 2 atom stereocenters. The van der Waals surface area contributed by atoms with Gasteiger partial charge in [-0.2, -0.15) is 0 Å². The lowest BCUT2D eigenvalue weighted by molar-refractivity contribution is -0.00322. The van der Waals surface area contributed by atoms with E-state index in [0.29, 0.717) is 19.1 Å². The minimum Gasteiger partial charge on any atom is -0.379 e. The highest BCUT2D eigenvalue weighted by Crippen LogP contribution is 2.19. The summed E-state index contributed by atoms with van der Waals surface area (Å²) in [7, 11) is 0. The molecule has 1 saturated carbocycles. The van der Waals surface area contributed by atoms with Crippen molar-refractivity contribution >= 4 is 0 Å². The zero-order valence-corrected chi connectivity index (χ0v) is 9.37. The first kappa shape index (κ1) is 12.0. The molecule has 84 valence electrons. The Hall–Kier alpha value is -0.120. The zero-order valence-electron chi connectivity index (χ0n) is 9.37. The Bertz CT molecular complexity index is 150. The molecule has 1 fully saturated rings. The van der Waals surface area contributed by atoms with Crippen molar-refractivity contribution in [2.45, 2.75) is 45.3 Å².